The molecule has 0 spiro atoms. The molecule has 12 heteroatoms. The number of carbonyl (C=O) groups excluding carboxylic acids is 2. The quantitative estimate of drug-likeness (QED) is 0.254. The van der Waals surface area contributed by atoms with Crippen molar-refractivity contribution in [3.63, 3.8) is 0 Å². The molecule has 240 valence electrons. The smallest absolute Gasteiger partial charge is 0.251 e. The highest BCUT2D eigenvalue weighted by Crippen LogP contribution is 2.27. The molecule has 2 atom stereocenters. The van der Waals surface area contributed by atoms with Gasteiger partial charge in [0.1, 0.15) is 24.0 Å². The molecule has 45 heavy (non-hydrogen) atoms. The van der Waals surface area contributed by atoms with Crippen LogP contribution in [0.5, 0.6) is 5.75 Å². The summed E-state index contributed by atoms with van der Waals surface area (Å²) in [7, 11) is 0. The second-order valence-electron chi connectivity index (χ2n) is 12.1. The summed E-state index contributed by atoms with van der Waals surface area (Å²) in [5.74, 6) is 2.75. The summed E-state index contributed by atoms with van der Waals surface area (Å²) < 4.78 is 11.3. The van der Waals surface area contributed by atoms with Crippen molar-refractivity contribution < 1.29 is 23.8 Å². The number of rotatable bonds is 11. The fraction of sp³-hybridized carbons (Fsp3) is 0.515. The number of hydrogen-bond donors (Lipinski definition) is 4. The van der Waals surface area contributed by atoms with Crippen LogP contribution < -0.4 is 25.6 Å². The van der Waals surface area contributed by atoms with Crippen molar-refractivity contribution in [3.05, 3.63) is 64.9 Å². The SMILES string of the molecule is CCC(=O)N1CCN(c2cc(C(=O)NC[C@@H](O)[C@@H]3Cc4ccc(OCc5ocnc5C)cc4CN3)cc(NC3CCC3)n2)CC1. The first kappa shape index (κ1) is 30.8. The minimum atomic E-state index is -0.773. The maximum atomic E-state index is 13.4. The Labute approximate surface area is 263 Å². The van der Waals surface area contributed by atoms with Gasteiger partial charge in [0.25, 0.3) is 5.91 Å². The second-order valence-corrected chi connectivity index (χ2v) is 12.1. The molecule has 0 bridgehead atoms. The molecular formula is C33H43N7O5. The Balaban J connectivity index is 1.05. The molecule has 2 aliphatic heterocycles. The van der Waals surface area contributed by atoms with Crippen molar-refractivity contribution in [3.8, 4) is 5.75 Å². The lowest BCUT2D eigenvalue weighted by atomic mass is 9.92. The molecule has 0 radical (unpaired) electrons. The predicted octanol–water partition coefficient (Wildman–Crippen LogP) is 2.79. The zero-order valence-electron chi connectivity index (χ0n) is 26.1. The summed E-state index contributed by atoms with van der Waals surface area (Å²) in [6.45, 7) is 7.37. The summed E-state index contributed by atoms with van der Waals surface area (Å²) in [6, 6.07) is 9.74. The van der Waals surface area contributed by atoms with Crippen LogP contribution in [0.25, 0.3) is 0 Å². The topological polar surface area (TPSA) is 145 Å². The third kappa shape index (κ3) is 7.39. The molecule has 6 rings (SSSR count). The summed E-state index contributed by atoms with van der Waals surface area (Å²) in [6.07, 6.45) is 5.14. The van der Waals surface area contributed by atoms with E-state index >= 15 is 0 Å². The standard InChI is InChI=1S/C33H43N7O5/c1-3-32(42)40-11-9-39(10-12-40)31-16-23(15-30(38-31)37-25-5-4-6-25)33(43)35-18-28(41)27-14-22-7-8-26(13-24(22)17-34-27)44-19-29-21(2)36-20-45-29/h7-8,13,15-16,20,25,27-28,34,41H,3-6,9-12,14,17-19H2,1-2H3,(H,35,43)(H,37,38)/t27-,28+/m0/s1. The van der Waals surface area contributed by atoms with Gasteiger partial charge in [0, 0.05) is 63.3 Å². The summed E-state index contributed by atoms with van der Waals surface area (Å²) in [5, 5.41) is 20.9. The van der Waals surface area contributed by atoms with Gasteiger partial charge in [0.2, 0.25) is 5.91 Å². The van der Waals surface area contributed by atoms with Crippen LogP contribution in [0.4, 0.5) is 11.6 Å². The fourth-order valence-corrected chi connectivity index (χ4v) is 5.99. The summed E-state index contributed by atoms with van der Waals surface area (Å²) in [5.41, 5.74) is 3.56. The van der Waals surface area contributed by atoms with Gasteiger partial charge in [-0.15, -0.1) is 0 Å². The zero-order chi connectivity index (χ0) is 31.3. The van der Waals surface area contributed by atoms with Crippen molar-refractivity contribution in [1.82, 2.24) is 25.5 Å². The van der Waals surface area contributed by atoms with E-state index in [4.69, 9.17) is 14.1 Å². The lowest BCUT2D eigenvalue weighted by molar-refractivity contribution is -0.131. The van der Waals surface area contributed by atoms with E-state index in [-0.39, 0.29) is 24.4 Å². The Morgan fingerprint density at radius 3 is 2.69 bits per heavy atom. The third-order valence-corrected chi connectivity index (χ3v) is 9.11. The maximum Gasteiger partial charge on any atom is 0.251 e. The number of aliphatic hydroxyl groups is 1. The highest BCUT2D eigenvalue weighted by molar-refractivity contribution is 5.95. The van der Waals surface area contributed by atoms with Crippen molar-refractivity contribution in [2.75, 3.05) is 42.9 Å². The Bertz CT molecular complexity index is 1500. The first-order valence-corrected chi connectivity index (χ1v) is 16.0. The minimum Gasteiger partial charge on any atom is -0.486 e. The Kier molecular flexibility index (Phi) is 9.50. The van der Waals surface area contributed by atoms with Crippen LogP contribution in [0.3, 0.4) is 0 Å². The molecule has 12 nitrogen and oxygen atoms in total. The molecule has 4 heterocycles. The summed E-state index contributed by atoms with van der Waals surface area (Å²) in [4.78, 5) is 38.5. The number of fused-ring (bicyclic) bond motifs is 1. The van der Waals surface area contributed by atoms with Crippen molar-refractivity contribution >= 4 is 23.5 Å². The molecule has 4 N–H and O–H groups in total. The number of carbonyl (C=O) groups is 2. The van der Waals surface area contributed by atoms with E-state index in [1.54, 1.807) is 6.07 Å². The van der Waals surface area contributed by atoms with E-state index < -0.39 is 6.10 Å². The van der Waals surface area contributed by atoms with Gasteiger partial charge in [-0.3, -0.25) is 9.59 Å². The lowest BCUT2D eigenvalue weighted by Crippen LogP contribution is -2.49. The number of piperazine rings is 1. The van der Waals surface area contributed by atoms with Gasteiger partial charge in [-0.1, -0.05) is 13.0 Å². The van der Waals surface area contributed by atoms with E-state index in [1.807, 2.05) is 43.0 Å². The number of anilines is 2. The van der Waals surface area contributed by atoms with E-state index in [1.165, 1.54) is 12.8 Å². The Morgan fingerprint density at radius 1 is 1.16 bits per heavy atom. The largest absolute Gasteiger partial charge is 0.486 e. The molecule has 1 aromatic carbocycles. The number of aryl methyl sites for hydroxylation is 1. The highest BCUT2D eigenvalue weighted by Gasteiger charge is 2.27. The molecular weight excluding hydrogens is 574 g/mol. The predicted molar refractivity (Wildman–Crippen MR) is 169 cm³/mol. The third-order valence-electron chi connectivity index (χ3n) is 9.11. The number of hydrogen-bond acceptors (Lipinski definition) is 10. The number of oxazole rings is 1. The van der Waals surface area contributed by atoms with Crippen LogP contribution in [0.15, 0.2) is 41.1 Å². The number of ether oxygens (including phenoxy) is 1. The summed E-state index contributed by atoms with van der Waals surface area (Å²) >= 11 is 0. The molecule has 0 unspecified atom stereocenters. The van der Waals surface area contributed by atoms with Crippen LogP contribution in [0, 0.1) is 6.92 Å². The molecule has 2 fully saturated rings. The Hall–Kier alpha value is -4.16. The second kappa shape index (κ2) is 13.9. The maximum absolute atomic E-state index is 13.4. The number of nitrogens with one attached hydrogen (secondary N) is 3. The molecule has 3 aromatic rings. The lowest BCUT2D eigenvalue weighted by Gasteiger charge is -2.36. The Morgan fingerprint density at radius 2 is 1.98 bits per heavy atom. The van der Waals surface area contributed by atoms with Crippen LogP contribution in [-0.4, -0.2) is 82.7 Å². The zero-order valence-corrected chi connectivity index (χ0v) is 26.1. The van der Waals surface area contributed by atoms with E-state index in [0.717, 1.165) is 41.2 Å². The van der Waals surface area contributed by atoms with E-state index in [2.05, 4.69) is 25.8 Å². The first-order chi connectivity index (χ1) is 21.9. The van der Waals surface area contributed by atoms with Crippen LogP contribution in [0.2, 0.25) is 0 Å². The average Bonchev–Trinajstić information content (AvgIpc) is 3.47. The van der Waals surface area contributed by atoms with E-state index in [0.29, 0.717) is 75.4 Å². The van der Waals surface area contributed by atoms with Gasteiger partial charge in [0.05, 0.1) is 11.8 Å². The van der Waals surface area contributed by atoms with Crippen LogP contribution >= 0.6 is 0 Å². The van der Waals surface area contributed by atoms with Gasteiger partial charge in [-0.05, 0) is 68.0 Å². The number of aromatic nitrogens is 2. The van der Waals surface area contributed by atoms with Crippen molar-refractivity contribution in [2.24, 2.45) is 0 Å². The normalized spacial score (nSPS) is 19.0. The number of aliphatic hydroxyl groups excluding tert-OH is 1. The van der Waals surface area contributed by atoms with Crippen molar-refractivity contribution in [1.29, 1.82) is 0 Å². The van der Waals surface area contributed by atoms with E-state index in [9.17, 15) is 14.7 Å². The fourth-order valence-electron chi connectivity index (χ4n) is 5.99. The van der Waals surface area contributed by atoms with Gasteiger partial charge in [-0.2, -0.15) is 0 Å². The molecule has 1 saturated heterocycles. The van der Waals surface area contributed by atoms with Gasteiger partial charge < -0.3 is 40.0 Å². The van der Waals surface area contributed by atoms with Gasteiger partial charge in [0.15, 0.2) is 12.2 Å². The number of pyridine rings is 1. The molecule has 1 saturated carbocycles. The van der Waals surface area contributed by atoms with Gasteiger partial charge >= 0.3 is 0 Å². The minimum absolute atomic E-state index is 0.115. The average molecular weight is 618 g/mol. The van der Waals surface area contributed by atoms with Crippen LogP contribution in [0.1, 0.15) is 65.5 Å². The molecule has 2 amide bonds. The molecule has 1 aliphatic carbocycles. The monoisotopic (exact) mass is 617 g/mol. The number of benzene rings is 1. The van der Waals surface area contributed by atoms with Crippen molar-refractivity contribution in [2.45, 2.75) is 77.3 Å². The first-order valence-electron chi connectivity index (χ1n) is 16.0. The highest BCUT2D eigenvalue weighted by atomic mass is 16.5. The molecule has 3 aliphatic rings. The molecule has 2 aromatic heterocycles. The number of amides is 2. The van der Waals surface area contributed by atoms with Gasteiger partial charge in [-0.25, -0.2) is 9.97 Å². The number of nitrogens with zero attached hydrogens (tertiary/aromatic N) is 4. The van der Waals surface area contributed by atoms with Crippen LogP contribution in [-0.2, 0) is 24.4 Å².